The minimum atomic E-state index is -0.165. The van der Waals surface area contributed by atoms with Gasteiger partial charge in [0.2, 0.25) is 0 Å². The summed E-state index contributed by atoms with van der Waals surface area (Å²) in [5.74, 6) is 1.88. The first-order chi connectivity index (χ1) is 18.0. The number of aliphatic hydroxyl groups is 2. The molecule has 2 aromatic carbocycles. The molecule has 4 rings (SSSR count). The van der Waals surface area contributed by atoms with Crippen molar-refractivity contribution >= 4 is 0 Å². The summed E-state index contributed by atoms with van der Waals surface area (Å²) in [6.07, 6.45) is 2.68. The Labute approximate surface area is 222 Å². The quantitative estimate of drug-likeness (QED) is 0.401. The molecular weight excluding hydrogens is 466 g/mol. The SMILES string of the molecule is Cc1c(OCCCN2CCN(CCO)CC2)cccc1-c1cccc(OCCCN2CC[C@@H](O)C2)c1C. The van der Waals surface area contributed by atoms with Gasteiger partial charge in [0.15, 0.2) is 0 Å². The highest BCUT2D eigenvalue weighted by atomic mass is 16.5. The number of benzene rings is 2. The number of ether oxygens (including phenoxy) is 2. The Balaban J connectivity index is 1.27. The van der Waals surface area contributed by atoms with Crippen LogP contribution in [-0.2, 0) is 0 Å². The van der Waals surface area contributed by atoms with Crippen molar-refractivity contribution in [2.24, 2.45) is 0 Å². The Bertz CT molecular complexity index is 977. The van der Waals surface area contributed by atoms with Crippen LogP contribution in [0.25, 0.3) is 11.1 Å². The van der Waals surface area contributed by atoms with Gasteiger partial charge < -0.3 is 29.5 Å². The molecule has 2 aromatic rings. The van der Waals surface area contributed by atoms with Gasteiger partial charge in [-0.2, -0.15) is 0 Å². The van der Waals surface area contributed by atoms with Crippen LogP contribution in [0.2, 0.25) is 0 Å². The molecule has 0 bridgehead atoms. The second kappa shape index (κ2) is 14.1. The Morgan fingerprint density at radius 2 is 1.24 bits per heavy atom. The Kier molecular flexibility index (Phi) is 10.6. The molecular formula is C30H45N3O4. The van der Waals surface area contributed by atoms with E-state index < -0.39 is 0 Å². The molecule has 2 N–H and O–H groups in total. The summed E-state index contributed by atoms with van der Waals surface area (Å²) in [6, 6.07) is 12.6. The fourth-order valence-electron chi connectivity index (χ4n) is 5.46. The lowest BCUT2D eigenvalue weighted by molar-refractivity contribution is 0.108. The Morgan fingerprint density at radius 1 is 0.730 bits per heavy atom. The summed E-state index contributed by atoms with van der Waals surface area (Å²) >= 11 is 0. The number of likely N-dealkylation sites (tertiary alicyclic amines) is 1. The fraction of sp³-hybridized carbons (Fsp3) is 0.600. The molecule has 2 aliphatic rings. The van der Waals surface area contributed by atoms with Crippen LogP contribution in [0.4, 0.5) is 0 Å². The molecule has 204 valence electrons. The van der Waals surface area contributed by atoms with E-state index in [1.54, 1.807) is 0 Å². The first-order valence-corrected chi connectivity index (χ1v) is 14.0. The average molecular weight is 512 g/mol. The van der Waals surface area contributed by atoms with Crippen LogP contribution < -0.4 is 9.47 Å². The monoisotopic (exact) mass is 511 g/mol. The minimum Gasteiger partial charge on any atom is -0.493 e. The molecule has 2 saturated heterocycles. The molecule has 7 nitrogen and oxygen atoms in total. The minimum absolute atomic E-state index is 0.165. The zero-order chi connectivity index (χ0) is 26.0. The highest BCUT2D eigenvalue weighted by Crippen LogP contribution is 2.35. The van der Waals surface area contributed by atoms with Crippen molar-refractivity contribution < 1.29 is 19.7 Å². The third-order valence-electron chi connectivity index (χ3n) is 7.74. The molecule has 0 aliphatic carbocycles. The van der Waals surface area contributed by atoms with Crippen LogP contribution in [0.3, 0.4) is 0 Å². The Hall–Kier alpha value is -2.16. The summed E-state index contributed by atoms with van der Waals surface area (Å²) in [5.41, 5.74) is 4.68. The zero-order valence-electron chi connectivity index (χ0n) is 22.7. The third kappa shape index (κ3) is 7.91. The molecule has 7 heteroatoms. The van der Waals surface area contributed by atoms with Gasteiger partial charge in [-0.1, -0.05) is 24.3 Å². The number of hydrogen-bond acceptors (Lipinski definition) is 7. The van der Waals surface area contributed by atoms with Gasteiger partial charge in [0.05, 0.1) is 25.9 Å². The topological polar surface area (TPSA) is 68.6 Å². The van der Waals surface area contributed by atoms with E-state index in [4.69, 9.17) is 14.6 Å². The molecule has 0 spiro atoms. The number of hydrogen-bond donors (Lipinski definition) is 2. The van der Waals surface area contributed by atoms with Crippen molar-refractivity contribution in [3.05, 3.63) is 47.5 Å². The molecule has 0 unspecified atom stereocenters. The van der Waals surface area contributed by atoms with Crippen molar-refractivity contribution in [2.75, 3.05) is 78.7 Å². The second-order valence-corrected chi connectivity index (χ2v) is 10.4. The number of β-amino-alcohol motifs (C(OH)–C–C–N with tert-alkyl or cyclic N) is 2. The van der Waals surface area contributed by atoms with E-state index in [1.807, 2.05) is 0 Å². The lowest BCUT2D eigenvalue weighted by atomic mass is 9.95. The molecule has 2 fully saturated rings. The largest absolute Gasteiger partial charge is 0.493 e. The van der Waals surface area contributed by atoms with E-state index in [0.29, 0.717) is 13.2 Å². The molecule has 0 radical (unpaired) electrons. The van der Waals surface area contributed by atoms with Crippen LogP contribution in [0.1, 0.15) is 30.4 Å². The molecule has 0 aromatic heterocycles. The van der Waals surface area contributed by atoms with Gasteiger partial charge in [0.25, 0.3) is 0 Å². The highest BCUT2D eigenvalue weighted by Gasteiger charge is 2.19. The Morgan fingerprint density at radius 3 is 1.73 bits per heavy atom. The second-order valence-electron chi connectivity index (χ2n) is 10.4. The van der Waals surface area contributed by atoms with E-state index in [9.17, 15) is 5.11 Å². The highest BCUT2D eigenvalue weighted by molar-refractivity contribution is 5.74. The summed E-state index contributed by atoms with van der Waals surface area (Å²) in [5, 5.41) is 18.8. The predicted octanol–water partition coefficient (Wildman–Crippen LogP) is 3.18. The van der Waals surface area contributed by atoms with Gasteiger partial charge in [-0.25, -0.2) is 0 Å². The van der Waals surface area contributed by atoms with E-state index in [2.05, 4.69) is 64.9 Å². The fourth-order valence-corrected chi connectivity index (χ4v) is 5.46. The normalized spacial score (nSPS) is 19.4. The van der Waals surface area contributed by atoms with Crippen LogP contribution in [0.5, 0.6) is 11.5 Å². The van der Waals surface area contributed by atoms with Gasteiger partial charge >= 0.3 is 0 Å². The number of rotatable bonds is 13. The molecule has 2 heterocycles. The summed E-state index contributed by atoms with van der Waals surface area (Å²) in [4.78, 5) is 7.12. The lowest BCUT2D eigenvalue weighted by Crippen LogP contribution is -2.47. The number of aliphatic hydroxyl groups excluding tert-OH is 2. The third-order valence-corrected chi connectivity index (χ3v) is 7.74. The zero-order valence-corrected chi connectivity index (χ0v) is 22.7. The summed E-state index contributed by atoms with van der Waals surface area (Å²) in [6.45, 7) is 14.7. The van der Waals surface area contributed by atoms with E-state index in [1.165, 1.54) is 11.1 Å². The standard InChI is InChI=1S/C30H45N3O4/c1-24-27(7-3-9-29(24)36-21-5-12-31-15-17-32(18-16-31)19-20-34)28-8-4-10-30(25(28)2)37-22-6-13-33-14-11-26(35)23-33/h3-4,7-10,26,34-35H,5-6,11-23H2,1-2H3/t26-/m1/s1. The lowest BCUT2D eigenvalue weighted by Gasteiger charge is -2.34. The molecule has 0 saturated carbocycles. The molecule has 1 atom stereocenters. The maximum absolute atomic E-state index is 9.70. The van der Waals surface area contributed by atoms with E-state index in [0.717, 1.165) is 101 Å². The van der Waals surface area contributed by atoms with E-state index in [-0.39, 0.29) is 12.7 Å². The van der Waals surface area contributed by atoms with Crippen molar-refractivity contribution in [3.63, 3.8) is 0 Å². The van der Waals surface area contributed by atoms with Crippen molar-refractivity contribution in [3.8, 4) is 22.6 Å². The first-order valence-electron chi connectivity index (χ1n) is 14.0. The molecule has 2 aliphatic heterocycles. The maximum Gasteiger partial charge on any atom is 0.122 e. The van der Waals surface area contributed by atoms with E-state index >= 15 is 0 Å². The van der Waals surface area contributed by atoms with Gasteiger partial charge in [-0.15, -0.1) is 0 Å². The molecule has 0 amide bonds. The van der Waals surface area contributed by atoms with Crippen LogP contribution in [0, 0.1) is 13.8 Å². The maximum atomic E-state index is 9.70. The summed E-state index contributed by atoms with van der Waals surface area (Å²) < 4.78 is 12.4. The van der Waals surface area contributed by atoms with Crippen LogP contribution in [-0.4, -0.2) is 110 Å². The van der Waals surface area contributed by atoms with Gasteiger partial charge in [0.1, 0.15) is 11.5 Å². The van der Waals surface area contributed by atoms with Crippen molar-refractivity contribution in [1.82, 2.24) is 14.7 Å². The molecule has 37 heavy (non-hydrogen) atoms. The van der Waals surface area contributed by atoms with Crippen LogP contribution >= 0.6 is 0 Å². The van der Waals surface area contributed by atoms with Crippen LogP contribution in [0.15, 0.2) is 36.4 Å². The van der Waals surface area contributed by atoms with Crippen molar-refractivity contribution in [1.29, 1.82) is 0 Å². The summed E-state index contributed by atoms with van der Waals surface area (Å²) in [7, 11) is 0. The van der Waals surface area contributed by atoms with Gasteiger partial charge in [-0.05, 0) is 67.5 Å². The number of piperazine rings is 1. The first kappa shape index (κ1) is 27.9. The average Bonchev–Trinajstić information content (AvgIpc) is 3.32. The van der Waals surface area contributed by atoms with Gasteiger partial charge in [-0.3, -0.25) is 4.90 Å². The van der Waals surface area contributed by atoms with Gasteiger partial charge in [0, 0.05) is 58.9 Å². The van der Waals surface area contributed by atoms with Crippen molar-refractivity contribution in [2.45, 2.75) is 39.2 Å². The number of nitrogens with zero attached hydrogens (tertiary/aromatic N) is 3. The smallest absolute Gasteiger partial charge is 0.122 e. The predicted molar refractivity (Wildman–Crippen MR) is 149 cm³/mol.